The van der Waals surface area contributed by atoms with E-state index in [2.05, 4.69) is 5.16 Å². The van der Waals surface area contributed by atoms with E-state index in [4.69, 9.17) is 9.94 Å². The van der Waals surface area contributed by atoms with Crippen LogP contribution in [0.15, 0.2) is 5.16 Å². The Morgan fingerprint density at radius 1 is 1.69 bits per heavy atom. The molecule has 1 atom stereocenters. The summed E-state index contributed by atoms with van der Waals surface area (Å²) < 4.78 is 4.88. The molecular weight excluding hydrogens is 170 g/mol. The fourth-order valence-corrected chi connectivity index (χ4v) is 1.61. The lowest BCUT2D eigenvalue weighted by Crippen LogP contribution is -2.29. The van der Waals surface area contributed by atoms with E-state index < -0.39 is 0 Å². The van der Waals surface area contributed by atoms with Gasteiger partial charge in [0, 0.05) is 0 Å². The predicted molar refractivity (Wildman–Crippen MR) is 47.8 cm³/mol. The Balaban J connectivity index is 2.59. The number of oxime groups is 1. The van der Waals surface area contributed by atoms with Crippen molar-refractivity contribution in [2.45, 2.75) is 32.6 Å². The first-order valence-electron chi connectivity index (χ1n) is 4.67. The van der Waals surface area contributed by atoms with Crippen molar-refractivity contribution in [1.29, 1.82) is 0 Å². The molecule has 1 saturated carbocycles. The first-order chi connectivity index (χ1) is 6.29. The summed E-state index contributed by atoms with van der Waals surface area (Å²) in [5.41, 5.74) is 0.574. The number of carbonyl (C=O) groups excluding carboxylic acids is 1. The minimum Gasteiger partial charge on any atom is -0.465 e. The van der Waals surface area contributed by atoms with Gasteiger partial charge in [-0.1, -0.05) is 11.6 Å². The highest BCUT2D eigenvalue weighted by molar-refractivity contribution is 6.02. The summed E-state index contributed by atoms with van der Waals surface area (Å²) in [6.45, 7) is 2.16. The lowest BCUT2D eigenvalue weighted by atomic mass is 9.87. The van der Waals surface area contributed by atoms with Crippen molar-refractivity contribution in [2.75, 3.05) is 6.61 Å². The Morgan fingerprint density at radius 2 is 2.46 bits per heavy atom. The summed E-state index contributed by atoms with van der Waals surface area (Å²) in [4.78, 5) is 11.4. The molecule has 74 valence electrons. The van der Waals surface area contributed by atoms with Gasteiger partial charge in [-0.3, -0.25) is 4.79 Å². The van der Waals surface area contributed by atoms with Crippen molar-refractivity contribution in [3.63, 3.8) is 0 Å². The van der Waals surface area contributed by atoms with E-state index in [9.17, 15) is 4.79 Å². The molecule has 1 N–H and O–H groups in total. The molecule has 4 nitrogen and oxygen atoms in total. The fourth-order valence-electron chi connectivity index (χ4n) is 1.61. The third-order valence-electron chi connectivity index (χ3n) is 2.28. The minimum absolute atomic E-state index is 0.255. The highest BCUT2D eigenvalue weighted by atomic mass is 16.5. The molecule has 13 heavy (non-hydrogen) atoms. The van der Waals surface area contributed by atoms with E-state index in [0.717, 1.165) is 19.3 Å². The van der Waals surface area contributed by atoms with Crippen LogP contribution in [-0.4, -0.2) is 23.5 Å². The first kappa shape index (κ1) is 10.0. The Kier molecular flexibility index (Phi) is 3.73. The van der Waals surface area contributed by atoms with Gasteiger partial charge in [-0.05, 0) is 26.2 Å². The van der Waals surface area contributed by atoms with Gasteiger partial charge < -0.3 is 9.94 Å². The molecular formula is C9H15NO3. The zero-order chi connectivity index (χ0) is 9.68. The molecule has 0 aromatic carbocycles. The smallest absolute Gasteiger partial charge is 0.314 e. The van der Waals surface area contributed by atoms with Crippen LogP contribution in [0.4, 0.5) is 0 Å². The number of rotatable bonds is 2. The Bertz CT molecular complexity index is 213. The van der Waals surface area contributed by atoms with Crippen LogP contribution in [0.1, 0.15) is 32.6 Å². The van der Waals surface area contributed by atoms with Gasteiger partial charge in [0.05, 0.1) is 18.2 Å². The molecule has 0 aliphatic heterocycles. The average molecular weight is 185 g/mol. The van der Waals surface area contributed by atoms with Crippen LogP contribution in [-0.2, 0) is 9.53 Å². The SMILES string of the molecule is CCOC(=O)C1CCCCC1=NO. The Hall–Kier alpha value is -1.06. The zero-order valence-electron chi connectivity index (χ0n) is 7.82. The minimum atomic E-state index is -0.307. The second-order valence-electron chi connectivity index (χ2n) is 3.14. The normalized spacial score (nSPS) is 25.9. The Labute approximate surface area is 77.6 Å². The highest BCUT2D eigenvalue weighted by Gasteiger charge is 2.28. The first-order valence-corrected chi connectivity index (χ1v) is 4.67. The van der Waals surface area contributed by atoms with E-state index in [1.807, 2.05) is 0 Å². The van der Waals surface area contributed by atoms with Crippen LogP contribution < -0.4 is 0 Å². The topological polar surface area (TPSA) is 58.9 Å². The maximum absolute atomic E-state index is 11.4. The lowest BCUT2D eigenvalue weighted by Gasteiger charge is -2.20. The molecule has 4 heteroatoms. The van der Waals surface area contributed by atoms with Gasteiger partial charge >= 0.3 is 5.97 Å². The number of ether oxygens (including phenoxy) is 1. The van der Waals surface area contributed by atoms with Crippen molar-refractivity contribution in [3.05, 3.63) is 0 Å². The highest BCUT2D eigenvalue weighted by Crippen LogP contribution is 2.22. The van der Waals surface area contributed by atoms with Gasteiger partial charge in [-0.2, -0.15) is 0 Å². The van der Waals surface area contributed by atoms with Crippen molar-refractivity contribution in [1.82, 2.24) is 0 Å². The zero-order valence-corrected chi connectivity index (χ0v) is 7.82. The van der Waals surface area contributed by atoms with Crippen LogP contribution in [0.2, 0.25) is 0 Å². The van der Waals surface area contributed by atoms with Gasteiger partial charge in [0.15, 0.2) is 0 Å². The number of esters is 1. The summed E-state index contributed by atoms with van der Waals surface area (Å²) >= 11 is 0. The molecule has 0 amide bonds. The van der Waals surface area contributed by atoms with Crippen molar-refractivity contribution >= 4 is 11.7 Å². The third kappa shape index (κ3) is 2.44. The number of hydrogen-bond donors (Lipinski definition) is 1. The summed E-state index contributed by atoms with van der Waals surface area (Å²) in [5, 5.41) is 11.8. The molecule has 0 saturated heterocycles. The average Bonchev–Trinajstić information content (AvgIpc) is 2.18. The molecule has 1 fully saturated rings. The Morgan fingerprint density at radius 3 is 3.08 bits per heavy atom. The molecule has 1 unspecified atom stereocenters. The van der Waals surface area contributed by atoms with Crippen molar-refractivity contribution < 1.29 is 14.7 Å². The van der Waals surface area contributed by atoms with Crippen LogP contribution in [0.5, 0.6) is 0 Å². The molecule has 0 aromatic rings. The maximum atomic E-state index is 11.4. The third-order valence-corrected chi connectivity index (χ3v) is 2.28. The molecule has 0 heterocycles. The lowest BCUT2D eigenvalue weighted by molar-refractivity contribution is -0.146. The van der Waals surface area contributed by atoms with E-state index >= 15 is 0 Å². The van der Waals surface area contributed by atoms with Gasteiger partial charge in [-0.15, -0.1) is 0 Å². The van der Waals surface area contributed by atoms with E-state index in [1.54, 1.807) is 6.92 Å². The summed E-state index contributed by atoms with van der Waals surface area (Å²) in [5.74, 6) is -0.561. The molecule has 1 aliphatic carbocycles. The second kappa shape index (κ2) is 4.84. The van der Waals surface area contributed by atoms with Gasteiger partial charge in [0.25, 0.3) is 0 Å². The van der Waals surface area contributed by atoms with Crippen LogP contribution in [0.25, 0.3) is 0 Å². The van der Waals surface area contributed by atoms with Gasteiger partial charge in [0.2, 0.25) is 0 Å². The molecule has 1 aliphatic rings. The molecule has 0 bridgehead atoms. The second-order valence-corrected chi connectivity index (χ2v) is 3.14. The quantitative estimate of drug-likeness (QED) is 0.403. The molecule has 0 spiro atoms. The summed E-state index contributed by atoms with van der Waals surface area (Å²) in [6, 6.07) is 0. The van der Waals surface area contributed by atoms with Crippen molar-refractivity contribution in [3.8, 4) is 0 Å². The largest absolute Gasteiger partial charge is 0.465 e. The molecule has 0 radical (unpaired) electrons. The van der Waals surface area contributed by atoms with Gasteiger partial charge in [-0.25, -0.2) is 0 Å². The standard InChI is InChI=1S/C9H15NO3/c1-2-13-9(11)7-5-3-4-6-8(7)10-12/h7,12H,2-6H2,1H3. The van der Waals surface area contributed by atoms with Crippen molar-refractivity contribution in [2.24, 2.45) is 11.1 Å². The van der Waals surface area contributed by atoms with Gasteiger partial charge in [0.1, 0.15) is 0 Å². The maximum Gasteiger partial charge on any atom is 0.314 e. The number of hydrogen-bond acceptors (Lipinski definition) is 4. The number of nitrogens with zero attached hydrogens (tertiary/aromatic N) is 1. The number of carbonyl (C=O) groups is 1. The monoisotopic (exact) mass is 185 g/mol. The van der Waals surface area contributed by atoms with Crippen LogP contribution in [0.3, 0.4) is 0 Å². The molecule has 0 aromatic heterocycles. The van der Waals surface area contributed by atoms with Crippen LogP contribution >= 0.6 is 0 Å². The summed E-state index contributed by atoms with van der Waals surface area (Å²) in [6.07, 6.45) is 3.45. The van der Waals surface area contributed by atoms with E-state index in [1.165, 1.54) is 0 Å². The van der Waals surface area contributed by atoms with E-state index in [-0.39, 0.29) is 11.9 Å². The predicted octanol–water partition coefficient (Wildman–Crippen LogP) is 1.57. The van der Waals surface area contributed by atoms with E-state index in [0.29, 0.717) is 18.7 Å². The molecule has 1 rings (SSSR count). The summed E-state index contributed by atoms with van der Waals surface area (Å²) in [7, 11) is 0. The fraction of sp³-hybridized carbons (Fsp3) is 0.778. The van der Waals surface area contributed by atoms with Crippen LogP contribution in [0, 0.1) is 5.92 Å².